The van der Waals surface area contributed by atoms with Crippen molar-refractivity contribution in [2.75, 3.05) is 19.6 Å². The monoisotopic (exact) mass is 515 g/mol. The standard InChI is InChI=1S/C27H38ClN5O3/c1-5-6-14-32-25(35)22(23(34)18(2)3)29-26(36)27(32)12-15-31(16-13-27)17-21-19(4)30-33(24(21)28)20-10-8-7-9-11-20/h7-11,18,22-23,34H,5-6,12-17H2,1-4H3,(H,29,36). The number of aliphatic hydroxyl groups is 1. The Balaban J connectivity index is 1.51. The molecule has 2 saturated heterocycles. The van der Waals surface area contributed by atoms with E-state index in [9.17, 15) is 14.7 Å². The van der Waals surface area contributed by atoms with E-state index < -0.39 is 17.7 Å². The van der Waals surface area contributed by atoms with Gasteiger partial charge in [-0.1, -0.05) is 57.0 Å². The van der Waals surface area contributed by atoms with Gasteiger partial charge in [-0.15, -0.1) is 0 Å². The number of nitrogens with one attached hydrogen (secondary N) is 1. The largest absolute Gasteiger partial charge is 0.390 e. The summed E-state index contributed by atoms with van der Waals surface area (Å²) in [7, 11) is 0. The number of piperidine rings is 1. The van der Waals surface area contributed by atoms with Crippen LogP contribution in [0.2, 0.25) is 5.15 Å². The van der Waals surface area contributed by atoms with E-state index in [1.165, 1.54) is 0 Å². The normalized spacial score (nSPS) is 21.3. The lowest BCUT2D eigenvalue weighted by Gasteiger charge is -2.52. The molecule has 2 N–H and O–H groups in total. The van der Waals surface area contributed by atoms with Crippen LogP contribution >= 0.6 is 11.6 Å². The highest BCUT2D eigenvalue weighted by Gasteiger charge is 2.54. The minimum Gasteiger partial charge on any atom is -0.390 e. The lowest BCUT2D eigenvalue weighted by Crippen LogP contribution is -2.74. The number of para-hydroxylation sites is 1. The highest BCUT2D eigenvalue weighted by Crippen LogP contribution is 2.35. The van der Waals surface area contributed by atoms with Crippen molar-refractivity contribution in [1.82, 2.24) is 24.9 Å². The van der Waals surface area contributed by atoms with Crippen molar-refractivity contribution in [3.63, 3.8) is 0 Å². The number of aliphatic hydroxyl groups excluding tert-OH is 1. The Morgan fingerprint density at radius 2 is 1.86 bits per heavy atom. The Bertz CT molecular complexity index is 1080. The van der Waals surface area contributed by atoms with Gasteiger partial charge in [-0.25, -0.2) is 4.68 Å². The molecule has 8 nitrogen and oxygen atoms in total. The van der Waals surface area contributed by atoms with E-state index in [1.807, 2.05) is 51.1 Å². The Morgan fingerprint density at radius 1 is 1.19 bits per heavy atom. The third kappa shape index (κ3) is 4.91. The van der Waals surface area contributed by atoms with E-state index >= 15 is 0 Å². The van der Waals surface area contributed by atoms with Crippen LogP contribution in [0.4, 0.5) is 0 Å². The lowest BCUT2D eigenvalue weighted by molar-refractivity contribution is -0.165. The van der Waals surface area contributed by atoms with Crippen molar-refractivity contribution in [3.05, 3.63) is 46.7 Å². The van der Waals surface area contributed by atoms with E-state index in [-0.39, 0.29) is 17.7 Å². The van der Waals surface area contributed by atoms with E-state index in [0.717, 1.165) is 29.8 Å². The van der Waals surface area contributed by atoms with Gasteiger partial charge in [-0.05, 0) is 44.2 Å². The molecule has 0 saturated carbocycles. The van der Waals surface area contributed by atoms with E-state index in [0.29, 0.717) is 44.2 Å². The van der Waals surface area contributed by atoms with Crippen LogP contribution in [-0.2, 0) is 16.1 Å². The lowest BCUT2D eigenvalue weighted by atomic mass is 9.80. The number of hydrogen-bond donors (Lipinski definition) is 2. The van der Waals surface area contributed by atoms with Crippen molar-refractivity contribution < 1.29 is 14.7 Å². The number of unbranched alkanes of at least 4 members (excludes halogenated alkanes) is 1. The molecule has 2 amide bonds. The maximum atomic E-state index is 13.5. The van der Waals surface area contributed by atoms with Gasteiger partial charge >= 0.3 is 0 Å². The zero-order valence-corrected chi connectivity index (χ0v) is 22.5. The fourth-order valence-electron chi connectivity index (χ4n) is 5.35. The van der Waals surface area contributed by atoms with E-state index in [2.05, 4.69) is 22.2 Å². The van der Waals surface area contributed by atoms with Crippen molar-refractivity contribution >= 4 is 23.4 Å². The first kappa shape index (κ1) is 26.6. The third-order valence-electron chi connectivity index (χ3n) is 7.71. The van der Waals surface area contributed by atoms with Crippen molar-refractivity contribution in [2.45, 2.75) is 77.6 Å². The Morgan fingerprint density at radius 3 is 2.47 bits per heavy atom. The molecule has 4 rings (SSSR count). The van der Waals surface area contributed by atoms with Crippen LogP contribution in [0.3, 0.4) is 0 Å². The van der Waals surface area contributed by atoms with Crippen LogP contribution in [0.15, 0.2) is 30.3 Å². The van der Waals surface area contributed by atoms with Crippen LogP contribution in [-0.4, -0.2) is 73.8 Å². The summed E-state index contributed by atoms with van der Waals surface area (Å²) in [5.74, 6) is -0.442. The quantitative estimate of drug-likeness (QED) is 0.563. The highest BCUT2D eigenvalue weighted by atomic mass is 35.5. The first-order valence-corrected chi connectivity index (χ1v) is 13.4. The predicted molar refractivity (Wildman–Crippen MR) is 140 cm³/mol. The van der Waals surface area contributed by atoms with Gasteiger partial charge in [0.1, 0.15) is 16.7 Å². The molecule has 2 aliphatic rings. The smallest absolute Gasteiger partial charge is 0.248 e. The molecule has 2 unspecified atom stereocenters. The van der Waals surface area contributed by atoms with E-state index in [4.69, 9.17) is 11.6 Å². The van der Waals surface area contributed by atoms with Gasteiger partial charge in [-0.2, -0.15) is 5.10 Å². The number of rotatable bonds is 8. The first-order chi connectivity index (χ1) is 17.2. The van der Waals surface area contributed by atoms with Crippen LogP contribution in [0.1, 0.15) is 57.7 Å². The fourth-order valence-corrected chi connectivity index (χ4v) is 5.68. The molecule has 9 heteroatoms. The van der Waals surface area contributed by atoms with Crippen molar-refractivity contribution in [1.29, 1.82) is 0 Å². The Kier molecular flexibility index (Phi) is 8.07. The number of aryl methyl sites for hydroxylation is 1. The molecule has 0 aliphatic carbocycles. The van der Waals surface area contributed by atoms with Crippen LogP contribution < -0.4 is 5.32 Å². The molecule has 2 aliphatic heterocycles. The molecule has 36 heavy (non-hydrogen) atoms. The van der Waals surface area contributed by atoms with Crippen LogP contribution in [0.25, 0.3) is 5.69 Å². The highest BCUT2D eigenvalue weighted by molar-refractivity contribution is 6.30. The maximum Gasteiger partial charge on any atom is 0.248 e. The SMILES string of the molecule is CCCCN1C(=O)C(C(O)C(C)C)NC(=O)C12CCN(Cc1c(C)nn(-c3ccccc3)c1Cl)CC2. The number of nitrogens with zero attached hydrogens (tertiary/aromatic N) is 4. The van der Waals surface area contributed by atoms with Crippen molar-refractivity contribution in [3.8, 4) is 5.69 Å². The summed E-state index contributed by atoms with van der Waals surface area (Å²) in [6, 6.07) is 8.93. The number of benzene rings is 1. The minimum atomic E-state index is -0.908. The number of piperazine rings is 1. The fraction of sp³-hybridized carbons (Fsp3) is 0.593. The second-order valence-corrected chi connectivity index (χ2v) is 10.8. The minimum absolute atomic E-state index is 0.132. The average molecular weight is 516 g/mol. The van der Waals surface area contributed by atoms with Gasteiger partial charge in [0.15, 0.2) is 0 Å². The number of carbonyl (C=O) groups is 2. The molecular weight excluding hydrogens is 478 g/mol. The molecule has 2 aromatic rings. The molecule has 0 radical (unpaired) electrons. The summed E-state index contributed by atoms with van der Waals surface area (Å²) >= 11 is 6.75. The summed E-state index contributed by atoms with van der Waals surface area (Å²) in [5.41, 5.74) is 1.90. The van der Waals surface area contributed by atoms with Gasteiger partial charge in [-0.3, -0.25) is 14.5 Å². The van der Waals surface area contributed by atoms with Gasteiger partial charge in [0.2, 0.25) is 11.8 Å². The second-order valence-electron chi connectivity index (χ2n) is 10.4. The Labute approximate surface area is 218 Å². The van der Waals surface area contributed by atoms with Gasteiger partial charge < -0.3 is 15.3 Å². The number of carbonyl (C=O) groups excluding carboxylic acids is 2. The number of amides is 2. The molecule has 2 fully saturated rings. The van der Waals surface area contributed by atoms with E-state index in [1.54, 1.807) is 9.58 Å². The maximum absolute atomic E-state index is 13.5. The summed E-state index contributed by atoms with van der Waals surface area (Å²) in [5, 5.41) is 18.8. The predicted octanol–water partition coefficient (Wildman–Crippen LogP) is 3.31. The molecule has 196 valence electrons. The molecule has 1 aromatic carbocycles. The second kappa shape index (κ2) is 10.9. The first-order valence-electron chi connectivity index (χ1n) is 13.0. The average Bonchev–Trinajstić information content (AvgIpc) is 3.15. The number of halogens is 1. The molecule has 1 spiro atoms. The Hall–Kier alpha value is -2.42. The van der Waals surface area contributed by atoms with Crippen LogP contribution in [0, 0.1) is 12.8 Å². The number of likely N-dealkylation sites (tertiary alicyclic amines) is 1. The summed E-state index contributed by atoms with van der Waals surface area (Å²) < 4.78 is 1.76. The molecule has 3 heterocycles. The van der Waals surface area contributed by atoms with Crippen molar-refractivity contribution in [2.24, 2.45) is 5.92 Å². The van der Waals surface area contributed by atoms with Crippen LogP contribution in [0.5, 0.6) is 0 Å². The molecule has 1 aromatic heterocycles. The van der Waals surface area contributed by atoms with Gasteiger partial charge in [0, 0.05) is 31.7 Å². The number of aromatic nitrogens is 2. The van der Waals surface area contributed by atoms with Gasteiger partial charge in [0.05, 0.1) is 17.5 Å². The topological polar surface area (TPSA) is 90.7 Å². The third-order valence-corrected chi connectivity index (χ3v) is 8.09. The molecule has 0 bridgehead atoms. The van der Waals surface area contributed by atoms with Gasteiger partial charge in [0.25, 0.3) is 0 Å². The number of hydrogen-bond acceptors (Lipinski definition) is 5. The zero-order chi connectivity index (χ0) is 26.0. The summed E-state index contributed by atoms with van der Waals surface area (Å²) in [6.07, 6.45) is 1.93. The molecule has 2 atom stereocenters. The summed E-state index contributed by atoms with van der Waals surface area (Å²) in [4.78, 5) is 31.0. The summed E-state index contributed by atoms with van der Waals surface area (Å²) in [6.45, 7) is 10.2. The zero-order valence-electron chi connectivity index (χ0n) is 21.7. The molecular formula is C27H38ClN5O3.